The number of aryl methyl sites for hydroxylation is 1. The number of tetrazole rings is 1. The lowest BCUT2D eigenvalue weighted by molar-refractivity contribution is 0.0944. The summed E-state index contributed by atoms with van der Waals surface area (Å²) >= 11 is 0. The minimum atomic E-state index is -0.322. The molecule has 0 fully saturated rings. The van der Waals surface area contributed by atoms with E-state index in [0.717, 1.165) is 5.69 Å². The average Bonchev–Trinajstić information content (AvgIpc) is 2.80. The van der Waals surface area contributed by atoms with Crippen molar-refractivity contribution >= 4 is 5.91 Å². The van der Waals surface area contributed by atoms with Gasteiger partial charge in [-0.25, -0.2) is 4.98 Å². The molecular weight excluding hydrogens is 210 g/mol. The van der Waals surface area contributed by atoms with Gasteiger partial charge in [0.25, 0.3) is 5.91 Å². The number of carbonyl (C=O) groups is 1. The first-order valence-corrected chi connectivity index (χ1v) is 4.55. The molecule has 2 rings (SSSR count). The summed E-state index contributed by atoms with van der Waals surface area (Å²) < 4.78 is 0. The van der Waals surface area contributed by atoms with Crippen LogP contribution in [0.1, 0.15) is 22.0 Å². The van der Waals surface area contributed by atoms with E-state index in [1.54, 1.807) is 6.92 Å². The average molecular weight is 219 g/mol. The second-order valence-corrected chi connectivity index (χ2v) is 3.05. The van der Waals surface area contributed by atoms with Crippen LogP contribution in [0.2, 0.25) is 0 Å². The smallest absolute Gasteiger partial charge is 0.271 e. The maximum Gasteiger partial charge on any atom is 0.271 e. The van der Waals surface area contributed by atoms with E-state index in [2.05, 4.69) is 35.9 Å². The SMILES string of the molecule is Cc1cnc(C(=O)NCc2nn[nH]n2)cn1. The first kappa shape index (κ1) is 10.1. The number of hydrogen-bond donors (Lipinski definition) is 2. The van der Waals surface area contributed by atoms with E-state index in [-0.39, 0.29) is 18.1 Å². The summed E-state index contributed by atoms with van der Waals surface area (Å²) in [7, 11) is 0. The third-order valence-corrected chi connectivity index (χ3v) is 1.81. The zero-order valence-electron chi connectivity index (χ0n) is 8.51. The van der Waals surface area contributed by atoms with E-state index in [1.165, 1.54) is 12.4 Å². The largest absolute Gasteiger partial charge is 0.343 e. The molecule has 0 saturated carbocycles. The normalized spacial score (nSPS) is 10.1. The van der Waals surface area contributed by atoms with E-state index in [0.29, 0.717) is 5.82 Å². The highest BCUT2D eigenvalue weighted by molar-refractivity contribution is 5.91. The van der Waals surface area contributed by atoms with Crippen LogP contribution in [-0.2, 0) is 6.54 Å². The predicted molar refractivity (Wildman–Crippen MR) is 52.1 cm³/mol. The molecule has 0 aliphatic carbocycles. The predicted octanol–water partition coefficient (Wildman–Crippen LogP) is -0.772. The number of aromatic amines is 1. The molecule has 2 aromatic rings. The first-order chi connectivity index (χ1) is 7.75. The molecule has 16 heavy (non-hydrogen) atoms. The third kappa shape index (κ3) is 2.35. The Kier molecular flexibility index (Phi) is 2.81. The van der Waals surface area contributed by atoms with Crippen molar-refractivity contribution in [1.82, 2.24) is 35.9 Å². The minimum Gasteiger partial charge on any atom is -0.343 e. The zero-order chi connectivity index (χ0) is 11.4. The summed E-state index contributed by atoms with van der Waals surface area (Å²) in [5.41, 5.74) is 1.02. The Morgan fingerprint density at radius 1 is 1.44 bits per heavy atom. The number of hydrogen-bond acceptors (Lipinski definition) is 6. The number of rotatable bonds is 3. The highest BCUT2D eigenvalue weighted by atomic mass is 16.1. The van der Waals surface area contributed by atoms with Crippen molar-refractivity contribution in [3.8, 4) is 0 Å². The van der Waals surface area contributed by atoms with Crippen molar-refractivity contribution in [2.45, 2.75) is 13.5 Å². The fourth-order valence-corrected chi connectivity index (χ4v) is 1.02. The molecule has 2 heterocycles. The van der Waals surface area contributed by atoms with Gasteiger partial charge in [0, 0.05) is 6.20 Å². The number of nitrogens with zero attached hydrogens (tertiary/aromatic N) is 5. The van der Waals surface area contributed by atoms with Crippen molar-refractivity contribution in [3.05, 3.63) is 29.6 Å². The molecule has 8 nitrogen and oxygen atoms in total. The molecule has 2 aromatic heterocycles. The zero-order valence-corrected chi connectivity index (χ0v) is 8.51. The second kappa shape index (κ2) is 4.43. The summed E-state index contributed by atoms with van der Waals surface area (Å²) in [6.45, 7) is 2.00. The molecule has 0 spiro atoms. The van der Waals surface area contributed by atoms with Crippen molar-refractivity contribution in [2.75, 3.05) is 0 Å². The van der Waals surface area contributed by atoms with Gasteiger partial charge in [-0.15, -0.1) is 10.2 Å². The molecule has 0 radical (unpaired) electrons. The Hall–Kier alpha value is -2.38. The van der Waals surface area contributed by atoms with E-state index < -0.39 is 0 Å². The maximum atomic E-state index is 11.6. The highest BCUT2D eigenvalue weighted by Gasteiger charge is 2.08. The van der Waals surface area contributed by atoms with Crippen LogP contribution in [-0.4, -0.2) is 36.5 Å². The van der Waals surface area contributed by atoms with Crippen LogP contribution in [0, 0.1) is 6.92 Å². The summed E-state index contributed by atoms with van der Waals surface area (Å²) in [6, 6.07) is 0. The van der Waals surface area contributed by atoms with Gasteiger partial charge in [0.05, 0.1) is 18.4 Å². The monoisotopic (exact) mass is 219 g/mol. The van der Waals surface area contributed by atoms with Crippen LogP contribution in [0.5, 0.6) is 0 Å². The quantitative estimate of drug-likeness (QED) is 0.701. The lowest BCUT2D eigenvalue weighted by atomic mass is 10.4. The molecule has 8 heteroatoms. The molecule has 82 valence electrons. The minimum absolute atomic E-state index is 0.199. The van der Waals surface area contributed by atoms with Gasteiger partial charge in [0.1, 0.15) is 5.69 Å². The van der Waals surface area contributed by atoms with Gasteiger partial charge in [-0.05, 0) is 6.92 Å². The van der Waals surface area contributed by atoms with Crippen LogP contribution in [0.3, 0.4) is 0 Å². The van der Waals surface area contributed by atoms with Gasteiger partial charge in [-0.3, -0.25) is 9.78 Å². The van der Waals surface area contributed by atoms with Crippen LogP contribution in [0.15, 0.2) is 12.4 Å². The molecule has 0 bridgehead atoms. The molecule has 0 aliphatic heterocycles. The van der Waals surface area contributed by atoms with Gasteiger partial charge >= 0.3 is 0 Å². The van der Waals surface area contributed by atoms with Crippen LogP contribution in [0.25, 0.3) is 0 Å². The van der Waals surface area contributed by atoms with Crippen molar-refractivity contribution in [2.24, 2.45) is 0 Å². The first-order valence-electron chi connectivity index (χ1n) is 4.55. The molecule has 0 aliphatic rings. The number of carbonyl (C=O) groups excluding carboxylic acids is 1. The number of nitrogens with one attached hydrogen (secondary N) is 2. The fourth-order valence-electron chi connectivity index (χ4n) is 1.02. The van der Waals surface area contributed by atoms with Crippen LogP contribution < -0.4 is 5.32 Å². The van der Waals surface area contributed by atoms with E-state index in [9.17, 15) is 4.79 Å². The fraction of sp³-hybridized carbons (Fsp3) is 0.250. The lowest BCUT2D eigenvalue weighted by Crippen LogP contribution is -2.24. The van der Waals surface area contributed by atoms with Crippen molar-refractivity contribution in [1.29, 1.82) is 0 Å². The van der Waals surface area contributed by atoms with E-state index >= 15 is 0 Å². The Labute approximate surface area is 90.5 Å². The summed E-state index contributed by atoms with van der Waals surface area (Å²) in [4.78, 5) is 19.5. The van der Waals surface area contributed by atoms with Crippen molar-refractivity contribution in [3.63, 3.8) is 0 Å². The van der Waals surface area contributed by atoms with Gasteiger partial charge in [-0.1, -0.05) is 5.21 Å². The van der Waals surface area contributed by atoms with Crippen molar-refractivity contribution < 1.29 is 4.79 Å². The van der Waals surface area contributed by atoms with Gasteiger partial charge in [0.15, 0.2) is 5.82 Å². The van der Waals surface area contributed by atoms with Gasteiger partial charge < -0.3 is 5.32 Å². The van der Waals surface area contributed by atoms with Gasteiger partial charge in [-0.2, -0.15) is 5.21 Å². The molecule has 0 saturated heterocycles. The highest BCUT2D eigenvalue weighted by Crippen LogP contribution is 1.94. The topological polar surface area (TPSA) is 109 Å². The molecule has 0 aromatic carbocycles. The summed E-state index contributed by atoms with van der Waals surface area (Å²) in [5, 5.41) is 15.7. The Morgan fingerprint density at radius 3 is 2.94 bits per heavy atom. The van der Waals surface area contributed by atoms with Crippen LogP contribution >= 0.6 is 0 Å². The summed E-state index contributed by atoms with van der Waals surface area (Å²) in [6.07, 6.45) is 2.95. The maximum absolute atomic E-state index is 11.6. The molecule has 1 amide bonds. The van der Waals surface area contributed by atoms with Crippen LogP contribution in [0.4, 0.5) is 0 Å². The summed E-state index contributed by atoms with van der Waals surface area (Å²) in [5.74, 6) is 0.0886. The molecule has 0 atom stereocenters. The Morgan fingerprint density at radius 2 is 2.31 bits per heavy atom. The number of aromatic nitrogens is 6. The number of H-pyrrole nitrogens is 1. The Bertz CT molecular complexity index is 464. The Balaban J connectivity index is 1.95. The van der Waals surface area contributed by atoms with E-state index in [4.69, 9.17) is 0 Å². The third-order valence-electron chi connectivity index (χ3n) is 1.81. The molecule has 2 N–H and O–H groups in total. The second-order valence-electron chi connectivity index (χ2n) is 3.05. The molecule has 0 unspecified atom stereocenters. The lowest BCUT2D eigenvalue weighted by Gasteiger charge is -2.00. The number of amides is 1. The molecular formula is C8H9N7O. The van der Waals surface area contributed by atoms with Gasteiger partial charge in [0.2, 0.25) is 0 Å². The van der Waals surface area contributed by atoms with E-state index in [1.807, 2.05) is 0 Å². The standard InChI is InChI=1S/C8H9N7O/c1-5-2-10-6(3-9-5)8(16)11-4-7-12-14-15-13-7/h2-3H,4H2,1H3,(H,11,16)(H,12,13,14,15).